The maximum Gasteiger partial charge on any atom is 3.00 e. The van der Waals surface area contributed by atoms with Crippen molar-refractivity contribution in [3.8, 4) is 67.5 Å². The molecule has 3 aromatic heterocycles. The van der Waals surface area contributed by atoms with Gasteiger partial charge < -0.3 is 13.7 Å². The van der Waals surface area contributed by atoms with E-state index < -0.39 is 0 Å². The number of imidazole rings is 3. The van der Waals surface area contributed by atoms with Crippen molar-refractivity contribution >= 4 is 47.8 Å². The summed E-state index contributed by atoms with van der Waals surface area (Å²) in [5.41, 5.74) is 14.0. The summed E-state index contributed by atoms with van der Waals surface area (Å²) in [6.45, 7) is 0. The first kappa shape index (κ1) is 44.3. The molecule has 0 atom stereocenters. The van der Waals surface area contributed by atoms with Gasteiger partial charge in [0.05, 0.1) is 17.5 Å². The molecule has 1 aliphatic carbocycles. The summed E-state index contributed by atoms with van der Waals surface area (Å²) in [6, 6.07) is 50.5. The third-order valence-electron chi connectivity index (χ3n) is 12.7. The second-order valence-corrected chi connectivity index (χ2v) is 19.0. The van der Waals surface area contributed by atoms with Gasteiger partial charge >= 0.3 is 20.1 Å². The minimum atomic E-state index is 0. The van der Waals surface area contributed by atoms with Crippen molar-refractivity contribution < 1.29 is 20.1 Å². The van der Waals surface area contributed by atoms with E-state index in [1.165, 1.54) is 33.4 Å². The molecule has 318 valence electrons. The summed E-state index contributed by atoms with van der Waals surface area (Å²) in [4.78, 5) is 13.8. The topological polar surface area (TPSA) is 53.5 Å². The molecule has 1 aliphatic rings. The monoisotopic (exact) mass is 1200 g/mol. The fourth-order valence-corrected chi connectivity index (χ4v) is 11.3. The molecule has 1 fully saturated rings. The van der Waals surface area contributed by atoms with Gasteiger partial charge in [0.2, 0.25) is 0 Å². The molecule has 0 spiro atoms. The van der Waals surface area contributed by atoms with Gasteiger partial charge in [0.15, 0.2) is 0 Å². The molecule has 10 rings (SSSR count). The Morgan fingerprint density at radius 1 is 0.438 bits per heavy atom. The SMILES string of the molecule is Cn1ccnc1-c1[c-]cc(-c2ccccc2C2CC(c3ccccc3-c3c[c-]c(-c4nccn4C)cc3Br)CC(c3ccccc3-c3c[c-]c(-c4nccn4C)cc3Br)C2)c(Br)c1.[Ir+3]. The van der Waals surface area contributed by atoms with Crippen LogP contribution in [0, 0.1) is 18.2 Å². The van der Waals surface area contributed by atoms with E-state index in [1.807, 2.05) is 72.0 Å². The molecule has 10 heteroatoms. The fraction of sp³-hybridized carbons (Fsp3) is 0.167. The minimum absolute atomic E-state index is 0. The van der Waals surface area contributed by atoms with Gasteiger partial charge in [0.25, 0.3) is 0 Å². The second kappa shape index (κ2) is 18.9. The van der Waals surface area contributed by atoms with Crippen LogP contribution in [0.1, 0.15) is 53.7 Å². The average molecular weight is 1210 g/mol. The molecule has 0 unspecified atom stereocenters. The van der Waals surface area contributed by atoms with E-state index in [9.17, 15) is 0 Å². The van der Waals surface area contributed by atoms with Crippen LogP contribution in [0.25, 0.3) is 67.5 Å². The molecule has 6 aromatic carbocycles. The van der Waals surface area contributed by atoms with Gasteiger partial charge in [-0.25, -0.2) is 0 Å². The van der Waals surface area contributed by atoms with Crippen LogP contribution in [0.4, 0.5) is 0 Å². The van der Waals surface area contributed by atoms with Crippen molar-refractivity contribution in [1.82, 2.24) is 28.7 Å². The second-order valence-electron chi connectivity index (χ2n) is 16.5. The third kappa shape index (κ3) is 8.52. The zero-order valence-electron chi connectivity index (χ0n) is 35.4. The molecule has 0 N–H and O–H groups in total. The van der Waals surface area contributed by atoms with Crippen LogP contribution >= 0.6 is 47.8 Å². The van der Waals surface area contributed by atoms with Gasteiger partial charge in [-0.1, -0.05) is 167 Å². The van der Waals surface area contributed by atoms with Crippen LogP contribution in [0.3, 0.4) is 0 Å². The molecular formula is C54H42Br3IrN6. The van der Waals surface area contributed by atoms with Gasteiger partial charge in [-0.15, -0.1) is 71.3 Å². The van der Waals surface area contributed by atoms with Crippen LogP contribution in [0.15, 0.2) is 160 Å². The minimum Gasteiger partial charge on any atom is -0.373 e. The molecule has 0 bridgehead atoms. The molecule has 1 saturated carbocycles. The molecule has 0 saturated heterocycles. The first-order valence-corrected chi connectivity index (χ1v) is 23.4. The molecule has 9 aromatic rings. The van der Waals surface area contributed by atoms with Gasteiger partial charge in [-0.2, -0.15) is 0 Å². The van der Waals surface area contributed by atoms with E-state index in [1.54, 1.807) is 0 Å². The van der Waals surface area contributed by atoms with Crippen molar-refractivity contribution in [2.75, 3.05) is 0 Å². The summed E-state index contributed by atoms with van der Waals surface area (Å²) in [5.74, 6) is 3.43. The smallest absolute Gasteiger partial charge is 0.373 e. The standard InChI is InChI=1S/C54H42Br3N6.Ir/c1-61-25-22-58-52(61)34-16-19-46(49(55)31-34)43-13-7-4-10-40(43)37-28-38(41-11-5-8-14-44(41)47-20-17-35(32-50(47)56)53-59-23-26-62(53)2)30-39(29-37)42-12-6-9-15-45(42)48-21-18-36(33-51(48)57)54-60-24-27-63(54)3;/h4-15,19-27,31-33,37-39H,28-30H2,1-3H3;/q-3;+3. The van der Waals surface area contributed by atoms with Crippen molar-refractivity contribution in [3.63, 3.8) is 0 Å². The molecule has 3 heterocycles. The van der Waals surface area contributed by atoms with Crippen LogP contribution < -0.4 is 0 Å². The van der Waals surface area contributed by atoms with Crippen LogP contribution in [-0.2, 0) is 41.2 Å². The molecule has 0 amide bonds. The Morgan fingerprint density at radius 3 is 0.969 bits per heavy atom. The number of rotatable bonds is 9. The van der Waals surface area contributed by atoms with Crippen molar-refractivity contribution in [1.29, 1.82) is 0 Å². The number of hydrogen-bond acceptors (Lipinski definition) is 3. The summed E-state index contributed by atoms with van der Waals surface area (Å²) in [5, 5.41) is 0. The zero-order valence-corrected chi connectivity index (χ0v) is 42.5. The summed E-state index contributed by atoms with van der Waals surface area (Å²) < 4.78 is 9.16. The van der Waals surface area contributed by atoms with Crippen LogP contribution in [0.2, 0.25) is 0 Å². The predicted molar refractivity (Wildman–Crippen MR) is 264 cm³/mol. The fourth-order valence-electron chi connectivity index (χ4n) is 9.65. The third-order valence-corrected chi connectivity index (χ3v) is 14.6. The Hall–Kier alpha value is -4.96. The maximum absolute atomic E-state index is 4.60. The molecule has 6 nitrogen and oxygen atoms in total. The van der Waals surface area contributed by atoms with Crippen molar-refractivity contribution in [3.05, 3.63) is 195 Å². The van der Waals surface area contributed by atoms with Crippen LogP contribution in [0.5, 0.6) is 0 Å². The van der Waals surface area contributed by atoms with Gasteiger partial charge in [-0.3, -0.25) is 15.0 Å². The molecular weight excluding hydrogens is 1160 g/mol. The first-order chi connectivity index (χ1) is 30.7. The number of aromatic nitrogens is 6. The van der Waals surface area contributed by atoms with E-state index >= 15 is 0 Å². The molecule has 0 radical (unpaired) electrons. The van der Waals surface area contributed by atoms with E-state index in [2.05, 4.69) is 190 Å². The van der Waals surface area contributed by atoms with E-state index in [0.717, 1.165) is 83.5 Å². The maximum atomic E-state index is 4.60. The van der Waals surface area contributed by atoms with Crippen LogP contribution in [-0.4, -0.2) is 28.7 Å². The largest absolute Gasteiger partial charge is 3.00 e. The normalized spacial score (nSPS) is 16.1. The summed E-state index contributed by atoms with van der Waals surface area (Å²) >= 11 is 12.0. The quantitative estimate of drug-likeness (QED) is 0.135. The molecule has 64 heavy (non-hydrogen) atoms. The van der Waals surface area contributed by atoms with E-state index in [-0.39, 0.29) is 37.9 Å². The van der Waals surface area contributed by atoms with E-state index in [0.29, 0.717) is 0 Å². The van der Waals surface area contributed by atoms with E-state index in [4.69, 9.17) is 0 Å². The Balaban J connectivity index is 0.00000518. The first-order valence-electron chi connectivity index (χ1n) is 21.1. The average Bonchev–Trinajstić information content (AvgIpc) is 4.07. The summed E-state index contributed by atoms with van der Waals surface area (Å²) in [7, 11) is 6.05. The van der Waals surface area contributed by atoms with Gasteiger partial charge in [0.1, 0.15) is 0 Å². The molecule has 0 aliphatic heterocycles. The number of nitrogens with zero attached hydrogens (tertiary/aromatic N) is 6. The Labute approximate surface area is 413 Å². The van der Waals surface area contributed by atoms with Crippen molar-refractivity contribution in [2.45, 2.75) is 37.0 Å². The summed E-state index contributed by atoms with van der Waals surface area (Å²) in [6.07, 6.45) is 14.4. The van der Waals surface area contributed by atoms with Crippen molar-refractivity contribution in [2.24, 2.45) is 21.1 Å². The van der Waals surface area contributed by atoms with Gasteiger partial charge in [0, 0.05) is 58.3 Å². The number of hydrogen-bond donors (Lipinski definition) is 0. The zero-order chi connectivity index (χ0) is 43.2. The Kier molecular flexibility index (Phi) is 13.0. The Morgan fingerprint density at radius 2 is 0.719 bits per heavy atom. The number of benzene rings is 6. The Bertz CT molecular complexity index is 2790. The predicted octanol–water partition coefficient (Wildman–Crippen LogP) is 14.4. The number of halogens is 3. The van der Waals surface area contributed by atoms with Gasteiger partial charge in [-0.05, 0) is 53.7 Å². The number of aryl methyl sites for hydroxylation is 3.